The van der Waals surface area contributed by atoms with Crippen LogP contribution in [0.3, 0.4) is 0 Å². The van der Waals surface area contributed by atoms with E-state index in [2.05, 4.69) is 10.4 Å². The van der Waals surface area contributed by atoms with E-state index < -0.39 is 12.0 Å². The monoisotopic (exact) mass is 356 g/mol. The van der Waals surface area contributed by atoms with Gasteiger partial charge in [-0.25, -0.2) is 4.68 Å². The maximum absolute atomic E-state index is 12.2. The Bertz CT molecular complexity index is 755. The van der Waals surface area contributed by atoms with Gasteiger partial charge in [0.05, 0.1) is 18.4 Å². The number of aliphatic carboxylic acids is 1. The summed E-state index contributed by atoms with van der Waals surface area (Å²) in [4.78, 5) is 25.1. The second-order valence-corrected chi connectivity index (χ2v) is 6.65. The van der Waals surface area contributed by atoms with Crippen LogP contribution in [0.5, 0.6) is 0 Å². The van der Waals surface area contributed by atoms with E-state index in [0.29, 0.717) is 13.0 Å². The van der Waals surface area contributed by atoms with Gasteiger partial charge in [-0.2, -0.15) is 5.10 Å². The molecule has 0 bridgehead atoms. The number of carbonyl (C=O) groups is 2. The fourth-order valence-electron chi connectivity index (χ4n) is 2.91. The van der Waals surface area contributed by atoms with Crippen LogP contribution in [0.1, 0.15) is 25.3 Å². The summed E-state index contributed by atoms with van der Waals surface area (Å²) < 4.78 is 1.81. The molecule has 1 saturated carbocycles. The molecule has 26 heavy (non-hydrogen) atoms. The van der Waals surface area contributed by atoms with Crippen LogP contribution in [0.25, 0.3) is 5.69 Å². The van der Waals surface area contributed by atoms with E-state index in [0.717, 1.165) is 24.1 Å². The molecule has 2 N–H and O–H groups in total. The summed E-state index contributed by atoms with van der Waals surface area (Å²) in [5.41, 5.74) is 2.03. The van der Waals surface area contributed by atoms with Crippen molar-refractivity contribution in [2.45, 2.75) is 38.3 Å². The predicted octanol–water partition coefficient (Wildman–Crippen LogP) is 1.47. The lowest BCUT2D eigenvalue weighted by Crippen LogP contribution is -2.46. The van der Waals surface area contributed by atoms with Gasteiger partial charge in [0.15, 0.2) is 0 Å². The summed E-state index contributed by atoms with van der Waals surface area (Å²) in [6, 6.07) is 9.41. The number of amides is 1. The van der Waals surface area contributed by atoms with Crippen molar-refractivity contribution >= 4 is 11.9 Å². The van der Waals surface area contributed by atoms with Crippen LogP contribution >= 0.6 is 0 Å². The van der Waals surface area contributed by atoms with Crippen molar-refractivity contribution in [3.63, 3.8) is 0 Å². The predicted molar refractivity (Wildman–Crippen MR) is 97.1 cm³/mol. The Labute approximate surface area is 152 Å². The minimum absolute atomic E-state index is 0.126. The number of para-hydroxylation sites is 1. The molecule has 1 unspecified atom stereocenters. The molecule has 1 aromatic carbocycles. The van der Waals surface area contributed by atoms with Crippen molar-refractivity contribution < 1.29 is 14.7 Å². The Morgan fingerprint density at radius 1 is 1.35 bits per heavy atom. The van der Waals surface area contributed by atoms with Gasteiger partial charge in [-0.15, -0.1) is 0 Å². The maximum Gasteiger partial charge on any atom is 0.320 e. The van der Waals surface area contributed by atoms with Crippen molar-refractivity contribution in [1.82, 2.24) is 20.0 Å². The van der Waals surface area contributed by atoms with E-state index >= 15 is 0 Å². The molecule has 0 radical (unpaired) electrons. The second kappa shape index (κ2) is 8.14. The number of nitrogens with zero attached hydrogens (tertiary/aromatic N) is 3. The van der Waals surface area contributed by atoms with Gasteiger partial charge in [0.25, 0.3) is 0 Å². The zero-order valence-electron chi connectivity index (χ0n) is 14.8. The third-order valence-electron chi connectivity index (χ3n) is 4.59. The molecule has 2 aromatic rings. The van der Waals surface area contributed by atoms with E-state index in [1.165, 1.54) is 0 Å². The zero-order chi connectivity index (χ0) is 18.5. The molecule has 0 saturated heterocycles. The molecule has 1 fully saturated rings. The maximum atomic E-state index is 12.2. The molecule has 0 aliphatic heterocycles. The SMILES string of the molecule is CC(C(=O)O)N(CC(=O)NCCc1cnn(-c2ccccc2)c1)C1CC1. The Hall–Kier alpha value is -2.67. The third kappa shape index (κ3) is 4.70. The van der Waals surface area contributed by atoms with E-state index in [-0.39, 0.29) is 18.5 Å². The van der Waals surface area contributed by atoms with Crippen molar-refractivity contribution in [1.29, 1.82) is 0 Å². The first kappa shape index (κ1) is 18.1. The standard InChI is InChI=1S/C19H24N4O3/c1-14(19(25)26)22(16-7-8-16)13-18(24)20-10-9-15-11-21-23(12-15)17-5-3-2-4-6-17/h2-6,11-12,14,16H,7-10,13H2,1H3,(H,20,24)(H,25,26). The fraction of sp³-hybridized carbons (Fsp3) is 0.421. The fourth-order valence-corrected chi connectivity index (χ4v) is 2.91. The Kier molecular flexibility index (Phi) is 5.68. The van der Waals surface area contributed by atoms with Crippen LogP contribution < -0.4 is 5.32 Å². The van der Waals surface area contributed by atoms with Crippen LogP contribution in [-0.4, -0.2) is 56.8 Å². The minimum atomic E-state index is -0.891. The third-order valence-corrected chi connectivity index (χ3v) is 4.59. The highest BCUT2D eigenvalue weighted by molar-refractivity contribution is 5.80. The number of hydrogen-bond acceptors (Lipinski definition) is 4. The van der Waals surface area contributed by atoms with E-state index in [1.54, 1.807) is 22.7 Å². The summed E-state index contributed by atoms with van der Waals surface area (Å²) in [6.45, 7) is 2.26. The Balaban J connectivity index is 1.46. The first-order chi connectivity index (χ1) is 12.5. The molecule has 3 rings (SSSR count). The Morgan fingerprint density at radius 3 is 2.73 bits per heavy atom. The lowest BCUT2D eigenvalue weighted by Gasteiger charge is -2.25. The second-order valence-electron chi connectivity index (χ2n) is 6.65. The molecule has 138 valence electrons. The van der Waals surface area contributed by atoms with Crippen molar-refractivity contribution in [3.8, 4) is 5.69 Å². The summed E-state index contributed by atoms with van der Waals surface area (Å²) in [5.74, 6) is -1.03. The van der Waals surface area contributed by atoms with Crippen LogP contribution in [-0.2, 0) is 16.0 Å². The molecular weight excluding hydrogens is 332 g/mol. The van der Waals surface area contributed by atoms with Gasteiger partial charge < -0.3 is 10.4 Å². The molecular formula is C19H24N4O3. The lowest BCUT2D eigenvalue weighted by molar-refractivity contribution is -0.143. The normalized spacial score (nSPS) is 15.0. The topological polar surface area (TPSA) is 87.5 Å². The molecule has 7 nitrogen and oxygen atoms in total. The largest absolute Gasteiger partial charge is 0.480 e. The van der Waals surface area contributed by atoms with Crippen molar-refractivity contribution in [2.75, 3.05) is 13.1 Å². The minimum Gasteiger partial charge on any atom is -0.480 e. The van der Waals surface area contributed by atoms with Crippen molar-refractivity contribution in [2.24, 2.45) is 0 Å². The van der Waals surface area contributed by atoms with Crippen molar-refractivity contribution in [3.05, 3.63) is 48.3 Å². The number of nitrogens with one attached hydrogen (secondary N) is 1. The first-order valence-electron chi connectivity index (χ1n) is 8.89. The number of benzene rings is 1. The summed E-state index contributed by atoms with van der Waals surface area (Å²) in [7, 11) is 0. The molecule has 7 heteroatoms. The number of rotatable bonds is 9. The van der Waals surface area contributed by atoms with Gasteiger partial charge in [-0.3, -0.25) is 14.5 Å². The molecule has 1 aliphatic rings. The Morgan fingerprint density at radius 2 is 2.08 bits per heavy atom. The molecule has 0 spiro atoms. The molecule has 1 atom stereocenters. The van der Waals surface area contributed by atoms with Gasteiger partial charge in [0.2, 0.25) is 5.91 Å². The quantitative estimate of drug-likeness (QED) is 0.710. The highest BCUT2D eigenvalue weighted by Crippen LogP contribution is 2.28. The van der Waals surface area contributed by atoms with Crippen LogP contribution in [0, 0.1) is 0 Å². The summed E-state index contributed by atoms with van der Waals surface area (Å²) >= 11 is 0. The average Bonchev–Trinajstić information content (AvgIpc) is 3.37. The van der Waals surface area contributed by atoms with Gasteiger partial charge >= 0.3 is 5.97 Å². The molecule has 1 heterocycles. The average molecular weight is 356 g/mol. The van der Waals surface area contributed by atoms with E-state index in [4.69, 9.17) is 0 Å². The lowest BCUT2D eigenvalue weighted by atomic mass is 10.2. The molecule has 1 aliphatic carbocycles. The van der Waals surface area contributed by atoms with Crippen LogP contribution in [0.4, 0.5) is 0 Å². The summed E-state index contributed by atoms with van der Waals surface area (Å²) in [5, 5.41) is 16.4. The number of carboxylic acid groups (broad SMARTS) is 1. The zero-order valence-corrected chi connectivity index (χ0v) is 14.8. The van der Waals surface area contributed by atoms with E-state index in [9.17, 15) is 14.7 Å². The smallest absolute Gasteiger partial charge is 0.320 e. The van der Waals surface area contributed by atoms with Gasteiger partial charge in [0, 0.05) is 18.8 Å². The highest BCUT2D eigenvalue weighted by atomic mass is 16.4. The van der Waals surface area contributed by atoms with Gasteiger partial charge in [0.1, 0.15) is 6.04 Å². The van der Waals surface area contributed by atoms with Gasteiger partial charge in [-0.1, -0.05) is 18.2 Å². The van der Waals surface area contributed by atoms with Crippen LogP contribution in [0.2, 0.25) is 0 Å². The summed E-state index contributed by atoms with van der Waals surface area (Å²) in [6.07, 6.45) is 6.34. The first-order valence-corrected chi connectivity index (χ1v) is 8.89. The highest BCUT2D eigenvalue weighted by Gasteiger charge is 2.36. The number of carbonyl (C=O) groups excluding carboxylic acids is 1. The molecule has 1 amide bonds. The van der Waals surface area contributed by atoms with E-state index in [1.807, 2.05) is 36.5 Å². The molecule has 1 aromatic heterocycles. The number of carboxylic acids is 1. The van der Waals surface area contributed by atoms with Gasteiger partial charge in [-0.05, 0) is 43.9 Å². The van der Waals surface area contributed by atoms with Crippen LogP contribution in [0.15, 0.2) is 42.7 Å². The number of aromatic nitrogens is 2. The number of hydrogen-bond donors (Lipinski definition) is 2.